The van der Waals surface area contributed by atoms with Crippen molar-refractivity contribution in [3.05, 3.63) is 29.6 Å². The molecule has 1 aliphatic rings. The minimum Gasteiger partial charge on any atom is -0.380 e. The molecule has 2 rings (SSSR count). The molecule has 0 aliphatic heterocycles. The van der Waals surface area contributed by atoms with Gasteiger partial charge in [0.2, 0.25) is 0 Å². The van der Waals surface area contributed by atoms with E-state index in [-0.39, 0.29) is 5.82 Å². The SMILES string of the molecule is CCC1CCC(Nc2cc(C)ccc2F)C1. The lowest BCUT2D eigenvalue weighted by atomic mass is 10.1. The summed E-state index contributed by atoms with van der Waals surface area (Å²) in [6, 6.07) is 5.71. The number of hydrogen-bond acceptors (Lipinski definition) is 1. The molecule has 1 fully saturated rings. The van der Waals surface area contributed by atoms with Crippen LogP contribution in [0.3, 0.4) is 0 Å². The maximum atomic E-state index is 13.5. The summed E-state index contributed by atoms with van der Waals surface area (Å²) in [6.07, 6.45) is 4.88. The van der Waals surface area contributed by atoms with Crippen LogP contribution in [0.1, 0.15) is 38.2 Å². The zero-order chi connectivity index (χ0) is 11.5. The maximum Gasteiger partial charge on any atom is 0.146 e. The zero-order valence-electron chi connectivity index (χ0n) is 10.1. The molecule has 0 spiro atoms. The third-order valence-electron chi connectivity index (χ3n) is 3.60. The predicted octanol–water partition coefficient (Wildman–Crippen LogP) is 4.12. The molecule has 0 aromatic heterocycles. The molecule has 0 heterocycles. The van der Waals surface area contributed by atoms with Gasteiger partial charge in [-0.3, -0.25) is 0 Å². The quantitative estimate of drug-likeness (QED) is 0.809. The Bertz CT molecular complexity index is 362. The Morgan fingerprint density at radius 2 is 2.19 bits per heavy atom. The minimum atomic E-state index is -0.134. The van der Waals surface area contributed by atoms with Gasteiger partial charge in [0, 0.05) is 6.04 Å². The summed E-state index contributed by atoms with van der Waals surface area (Å²) in [5.74, 6) is 0.691. The number of anilines is 1. The number of benzene rings is 1. The average Bonchev–Trinajstić information content (AvgIpc) is 2.71. The van der Waals surface area contributed by atoms with E-state index in [9.17, 15) is 4.39 Å². The predicted molar refractivity (Wildman–Crippen MR) is 66.2 cm³/mol. The van der Waals surface area contributed by atoms with Crippen LogP contribution in [0.2, 0.25) is 0 Å². The second-order valence-corrected chi connectivity index (χ2v) is 4.91. The lowest BCUT2D eigenvalue weighted by Gasteiger charge is -2.15. The van der Waals surface area contributed by atoms with E-state index >= 15 is 0 Å². The van der Waals surface area contributed by atoms with Crippen molar-refractivity contribution in [2.24, 2.45) is 5.92 Å². The third-order valence-corrected chi connectivity index (χ3v) is 3.60. The number of hydrogen-bond donors (Lipinski definition) is 1. The lowest BCUT2D eigenvalue weighted by molar-refractivity contribution is 0.524. The van der Waals surface area contributed by atoms with Gasteiger partial charge in [-0.2, -0.15) is 0 Å². The first-order chi connectivity index (χ1) is 7.69. The van der Waals surface area contributed by atoms with E-state index in [1.165, 1.54) is 25.7 Å². The summed E-state index contributed by atoms with van der Waals surface area (Å²) < 4.78 is 13.5. The molecule has 0 bridgehead atoms. The summed E-state index contributed by atoms with van der Waals surface area (Å²) in [4.78, 5) is 0. The van der Waals surface area contributed by atoms with Gasteiger partial charge in [0.1, 0.15) is 5.82 Å². The molecule has 2 unspecified atom stereocenters. The van der Waals surface area contributed by atoms with Gasteiger partial charge in [-0.15, -0.1) is 0 Å². The molecule has 16 heavy (non-hydrogen) atoms. The van der Waals surface area contributed by atoms with E-state index < -0.39 is 0 Å². The van der Waals surface area contributed by atoms with Crippen LogP contribution in [-0.4, -0.2) is 6.04 Å². The highest BCUT2D eigenvalue weighted by atomic mass is 19.1. The van der Waals surface area contributed by atoms with Crippen LogP contribution >= 0.6 is 0 Å². The van der Waals surface area contributed by atoms with Crippen molar-refractivity contribution in [3.8, 4) is 0 Å². The van der Waals surface area contributed by atoms with Crippen molar-refractivity contribution in [3.63, 3.8) is 0 Å². The summed E-state index contributed by atoms with van der Waals surface area (Å²) in [5.41, 5.74) is 1.77. The molecule has 1 nitrogen and oxygen atoms in total. The van der Waals surface area contributed by atoms with E-state index in [0.29, 0.717) is 11.7 Å². The van der Waals surface area contributed by atoms with E-state index in [1.54, 1.807) is 6.07 Å². The lowest BCUT2D eigenvalue weighted by Crippen LogP contribution is -2.16. The Morgan fingerprint density at radius 3 is 2.88 bits per heavy atom. The number of rotatable bonds is 3. The standard InChI is InChI=1S/C14H20FN/c1-3-11-5-6-12(9-11)16-14-8-10(2)4-7-13(14)15/h4,7-8,11-12,16H,3,5-6,9H2,1-2H3. The van der Waals surface area contributed by atoms with Gasteiger partial charge >= 0.3 is 0 Å². The van der Waals surface area contributed by atoms with Gasteiger partial charge in [0.25, 0.3) is 0 Å². The third kappa shape index (κ3) is 2.55. The molecule has 0 radical (unpaired) electrons. The Kier molecular flexibility index (Phi) is 3.47. The van der Waals surface area contributed by atoms with E-state index in [0.717, 1.165) is 11.5 Å². The molecule has 1 aromatic carbocycles. The first-order valence-corrected chi connectivity index (χ1v) is 6.21. The molecule has 1 aromatic rings. The van der Waals surface area contributed by atoms with E-state index in [4.69, 9.17) is 0 Å². The topological polar surface area (TPSA) is 12.0 Å². The van der Waals surface area contributed by atoms with Gasteiger partial charge in [-0.25, -0.2) is 4.39 Å². The Balaban J connectivity index is 2.01. The largest absolute Gasteiger partial charge is 0.380 e. The number of aryl methyl sites for hydroxylation is 1. The fourth-order valence-corrected chi connectivity index (χ4v) is 2.55. The Hall–Kier alpha value is -1.05. The van der Waals surface area contributed by atoms with Crippen LogP contribution in [0.4, 0.5) is 10.1 Å². The second kappa shape index (κ2) is 4.86. The monoisotopic (exact) mass is 221 g/mol. The first kappa shape index (κ1) is 11.4. The van der Waals surface area contributed by atoms with Gasteiger partial charge in [0.15, 0.2) is 0 Å². The van der Waals surface area contributed by atoms with Crippen molar-refractivity contribution in [1.29, 1.82) is 0 Å². The molecule has 1 aliphatic carbocycles. The van der Waals surface area contributed by atoms with E-state index in [1.807, 2.05) is 19.1 Å². The second-order valence-electron chi connectivity index (χ2n) is 4.91. The molecule has 1 saturated carbocycles. The van der Waals surface area contributed by atoms with Crippen molar-refractivity contribution < 1.29 is 4.39 Å². The van der Waals surface area contributed by atoms with Crippen molar-refractivity contribution >= 4 is 5.69 Å². The van der Waals surface area contributed by atoms with Gasteiger partial charge in [-0.1, -0.05) is 19.4 Å². The van der Waals surface area contributed by atoms with Gasteiger partial charge in [-0.05, 0) is 49.8 Å². The molecular weight excluding hydrogens is 201 g/mol. The highest BCUT2D eigenvalue weighted by Crippen LogP contribution is 2.30. The van der Waals surface area contributed by atoms with E-state index in [2.05, 4.69) is 12.2 Å². The highest BCUT2D eigenvalue weighted by molar-refractivity contribution is 5.47. The molecule has 0 amide bonds. The number of nitrogens with one attached hydrogen (secondary N) is 1. The van der Waals surface area contributed by atoms with Crippen molar-refractivity contribution in [1.82, 2.24) is 0 Å². The van der Waals surface area contributed by atoms with Crippen LogP contribution < -0.4 is 5.32 Å². The minimum absolute atomic E-state index is 0.134. The highest BCUT2D eigenvalue weighted by Gasteiger charge is 2.23. The van der Waals surface area contributed by atoms with Gasteiger partial charge < -0.3 is 5.32 Å². The average molecular weight is 221 g/mol. The smallest absolute Gasteiger partial charge is 0.146 e. The molecule has 2 heteroatoms. The van der Waals surface area contributed by atoms with Crippen LogP contribution in [0, 0.1) is 18.7 Å². The normalized spacial score (nSPS) is 24.7. The summed E-state index contributed by atoms with van der Waals surface area (Å²) >= 11 is 0. The molecule has 0 saturated heterocycles. The van der Waals surface area contributed by atoms with Crippen molar-refractivity contribution in [2.75, 3.05) is 5.32 Å². The maximum absolute atomic E-state index is 13.5. The Labute approximate surface area is 97.1 Å². The summed E-state index contributed by atoms with van der Waals surface area (Å²) in [7, 11) is 0. The molecule has 88 valence electrons. The van der Waals surface area contributed by atoms with Gasteiger partial charge in [0.05, 0.1) is 5.69 Å². The first-order valence-electron chi connectivity index (χ1n) is 6.21. The van der Waals surface area contributed by atoms with Crippen molar-refractivity contribution in [2.45, 2.75) is 45.6 Å². The van der Waals surface area contributed by atoms with Crippen LogP contribution in [-0.2, 0) is 0 Å². The fraction of sp³-hybridized carbons (Fsp3) is 0.571. The molecular formula is C14H20FN. The zero-order valence-corrected chi connectivity index (χ0v) is 10.1. The number of halogens is 1. The van der Waals surface area contributed by atoms with Crippen LogP contribution in [0.15, 0.2) is 18.2 Å². The molecule has 2 atom stereocenters. The summed E-state index contributed by atoms with van der Waals surface area (Å²) in [5, 5.41) is 3.34. The summed E-state index contributed by atoms with van der Waals surface area (Å²) in [6.45, 7) is 4.23. The molecule has 1 N–H and O–H groups in total. The Morgan fingerprint density at radius 1 is 1.38 bits per heavy atom. The van der Waals surface area contributed by atoms with Crippen LogP contribution in [0.5, 0.6) is 0 Å². The fourth-order valence-electron chi connectivity index (χ4n) is 2.55. The van der Waals surface area contributed by atoms with Crippen LogP contribution in [0.25, 0.3) is 0 Å².